The first kappa shape index (κ1) is 11.4. The number of hydrogen-bond donors (Lipinski definition) is 0. The summed E-state index contributed by atoms with van der Waals surface area (Å²) in [4.78, 5) is 11.7. The van der Waals surface area contributed by atoms with Crippen LogP contribution < -0.4 is 4.74 Å². The first-order chi connectivity index (χ1) is 8.22. The van der Waals surface area contributed by atoms with E-state index in [9.17, 15) is 4.79 Å². The Morgan fingerprint density at radius 1 is 1.12 bits per heavy atom. The molecule has 17 heavy (non-hydrogen) atoms. The summed E-state index contributed by atoms with van der Waals surface area (Å²) in [6.45, 7) is 3.56. The number of carbonyl (C=O) groups is 1. The fraction of sp³-hybridized carbons (Fsp3) is 0.133. The molecule has 0 radical (unpaired) electrons. The van der Waals surface area contributed by atoms with Crippen molar-refractivity contribution < 1.29 is 9.53 Å². The summed E-state index contributed by atoms with van der Waals surface area (Å²) >= 11 is 0. The van der Waals surface area contributed by atoms with E-state index in [-0.39, 0.29) is 5.97 Å². The Kier molecular flexibility index (Phi) is 3.24. The largest absolute Gasteiger partial charge is 0.423 e. The molecule has 0 amide bonds. The lowest BCUT2D eigenvalue weighted by Crippen LogP contribution is -2.09. The summed E-state index contributed by atoms with van der Waals surface area (Å²) < 4.78 is 5.37. The summed E-state index contributed by atoms with van der Waals surface area (Å²) in [6.07, 6.45) is 1.74. The Morgan fingerprint density at radius 3 is 2.59 bits per heavy atom. The van der Waals surface area contributed by atoms with Gasteiger partial charge < -0.3 is 4.74 Å². The van der Waals surface area contributed by atoms with E-state index < -0.39 is 0 Å². The molecule has 0 unspecified atom stereocenters. The Morgan fingerprint density at radius 2 is 1.82 bits per heavy atom. The zero-order valence-electron chi connectivity index (χ0n) is 9.94. The van der Waals surface area contributed by atoms with Crippen molar-refractivity contribution in [3.05, 3.63) is 54.1 Å². The molecule has 2 aromatic carbocycles. The van der Waals surface area contributed by atoms with E-state index >= 15 is 0 Å². The Bertz CT molecular complexity index is 577. The van der Waals surface area contributed by atoms with E-state index in [1.807, 2.05) is 49.4 Å². The summed E-state index contributed by atoms with van der Waals surface area (Å²) in [7, 11) is 0. The van der Waals surface area contributed by atoms with E-state index in [1.165, 1.54) is 0 Å². The molecule has 0 aromatic heterocycles. The van der Waals surface area contributed by atoms with Gasteiger partial charge in [-0.05, 0) is 25.3 Å². The van der Waals surface area contributed by atoms with Gasteiger partial charge >= 0.3 is 5.97 Å². The topological polar surface area (TPSA) is 26.3 Å². The molecule has 0 bridgehead atoms. The second-order valence-corrected chi connectivity index (χ2v) is 3.84. The van der Waals surface area contributed by atoms with Gasteiger partial charge in [-0.15, -0.1) is 0 Å². The summed E-state index contributed by atoms with van der Waals surface area (Å²) in [5.74, 6) is 0.304. The smallest absolute Gasteiger partial charge is 0.338 e. The summed E-state index contributed by atoms with van der Waals surface area (Å²) in [6, 6.07) is 13.5. The minimum Gasteiger partial charge on any atom is -0.423 e. The second kappa shape index (κ2) is 4.83. The third-order valence-electron chi connectivity index (χ3n) is 2.71. The minimum atomic E-state index is -0.302. The summed E-state index contributed by atoms with van der Waals surface area (Å²) in [5, 5.41) is 2.02. The quantitative estimate of drug-likeness (QED) is 0.443. The van der Waals surface area contributed by atoms with Crippen molar-refractivity contribution in [3.8, 4) is 5.75 Å². The van der Waals surface area contributed by atoms with Crippen LogP contribution in [-0.2, 0) is 4.79 Å². The normalized spacial score (nSPS) is 11.5. The van der Waals surface area contributed by atoms with Crippen molar-refractivity contribution in [2.75, 3.05) is 0 Å². The highest BCUT2D eigenvalue weighted by atomic mass is 16.5. The van der Waals surface area contributed by atoms with Crippen molar-refractivity contribution >= 4 is 16.7 Å². The van der Waals surface area contributed by atoms with Crippen LogP contribution in [-0.4, -0.2) is 5.97 Å². The number of hydrogen-bond acceptors (Lipinski definition) is 2. The molecule has 2 nitrogen and oxygen atoms in total. The van der Waals surface area contributed by atoms with Crippen LogP contribution in [0.1, 0.15) is 13.8 Å². The van der Waals surface area contributed by atoms with Gasteiger partial charge in [-0.25, -0.2) is 4.79 Å². The Balaban J connectivity index is 2.40. The third-order valence-corrected chi connectivity index (χ3v) is 2.71. The van der Waals surface area contributed by atoms with Crippen LogP contribution in [0.25, 0.3) is 10.8 Å². The highest BCUT2D eigenvalue weighted by Gasteiger charge is 2.08. The molecule has 0 aliphatic rings. The molecule has 0 fully saturated rings. The van der Waals surface area contributed by atoms with Crippen LogP contribution in [0.15, 0.2) is 54.1 Å². The van der Waals surface area contributed by atoms with Crippen molar-refractivity contribution in [1.29, 1.82) is 0 Å². The standard InChI is InChI=1S/C15H14O2/c1-3-11(2)15(16)17-14-10-6-8-12-7-4-5-9-13(12)14/h3-10H,1-2H3/b11-3+. The molecule has 0 heterocycles. The van der Waals surface area contributed by atoms with Gasteiger partial charge in [-0.1, -0.05) is 42.5 Å². The van der Waals surface area contributed by atoms with Crippen molar-refractivity contribution in [3.63, 3.8) is 0 Å². The predicted molar refractivity (Wildman–Crippen MR) is 69.0 cm³/mol. The zero-order chi connectivity index (χ0) is 12.3. The van der Waals surface area contributed by atoms with Gasteiger partial charge in [0.15, 0.2) is 0 Å². The lowest BCUT2D eigenvalue weighted by molar-refractivity contribution is -0.130. The fourth-order valence-corrected chi connectivity index (χ4v) is 1.58. The molecule has 86 valence electrons. The molecule has 0 N–H and O–H groups in total. The average Bonchev–Trinajstić information content (AvgIpc) is 2.38. The SMILES string of the molecule is C/C=C(\C)C(=O)Oc1cccc2ccccc12. The lowest BCUT2D eigenvalue weighted by Gasteiger charge is -2.07. The van der Waals surface area contributed by atoms with Crippen LogP contribution in [0.5, 0.6) is 5.75 Å². The van der Waals surface area contributed by atoms with E-state index in [2.05, 4.69) is 0 Å². The highest BCUT2D eigenvalue weighted by Crippen LogP contribution is 2.25. The zero-order valence-corrected chi connectivity index (χ0v) is 9.94. The maximum atomic E-state index is 11.7. The van der Waals surface area contributed by atoms with Crippen molar-refractivity contribution in [1.82, 2.24) is 0 Å². The van der Waals surface area contributed by atoms with Crippen molar-refractivity contribution in [2.45, 2.75) is 13.8 Å². The van der Waals surface area contributed by atoms with E-state index in [1.54, 1.807) is 13.0 Å². The van der Waals surface area contributed by atoms with Crippen LogP contribution in [0.3, 0.4) is 0 Å². The first-order valence-corrected chi connectivity index (χ1v) is 5.55. The number of allylic oxidation sites excluding steroid dienone is 1. The third kappa shape index (κ3) is 2.36. The van der Waals surface area contributed by atoms with Crippen LogP contribution >= 0.6 is 0 Å². The van der Waals surface area contributed by atoms with E-state index in [0.29, 0.717) is 11.3 Å². The molecule has 0 saturated carbocycles. The van der Waals surface area contributed by atoms with Crippen LogP contribution in [0.4, 0.5) is 0 Å². The number of ether oxygens (including phenoxy) is 1. The maximum Gasteiger partial charge on any atom is 0.338 e. The van der Waals surface area contributed by atoms with E-state index in [4.69, 9.17) is 4.74 Å². The molecule has 0 aliphatic heterocycles. The molecular weight excluding hydrogens is 212 g/mol. The maximum absolute atomic E-state index is 11.7. The molecular formula is C15H14O2. The molecule has 0 saturated heterocycles. The Labute approximate surface area is 101 Å². The first-order valence-electron chi connectivity index (χ1n) is 5.55. The number of fused-ring (bicyclic) bond motifs is 1. The predicted octanol–water partition coefficient (Wildman–Crippen LogP) is 3.71. The second-order valence-electron chi connectivity index (χ2n) is 3.84. The Hall–Kier alpha value is -2.09. The molecule has 2 heteroatoms. The molecule has 0 atom stereocenters. The van der Waals surface area contributed by atoms with Gasteiger partial charge in [-0.3, -0.25) is 0 Å². The van der Waals surface area contributed by atoms with Crippen LogP contribution in [0.2, 0.25) is 0 Å². The number of benzene rings is 2. The molecule has 2 rings (SSSR count). The number of esters is 1. The van der Waals surface area contributed by atoms with Gasteiger partial charge in [0.25, 0.3) is 0 Å². The van der Waals surface area contributed by atoms with Gasteiger partial charge in [0.05, 0.1) is 0 Å². The van der Waals surface area contributed by atoms with Gasteiger partial charge in [-0.2, -0.15) is 0 Å². The van der Waals surface area contributed by atoms with Gasteiger partial charge in [0.1, 0.15) is 5.75 Å². The molecule has 0 aliphatic carbocycles. The highest BCUT2D eigenvalue weighted by molar-refractivity contribution is 5.94. The monoisotopic (exact) mass is 226 g/mol. The van der Waals surface area contributed by atoms with Crippen molar-refractivity contribution in [2.24, 2.45) is 0 Å². The number of rotatable bonds is 2. The molecule has 0 spiro atoms. The lowest BCUT2D eigenvalue weighted by atomic mass is 10.1. The summed E-state index contributed by atoms with van der Waals surface area (Å²) in [5.41, 5.74) is 0.609. The minimum absolute atomic E-state index is 0.302. The molecule has 2 aromatic rings. The number of carbonyl (C=O) groups excluding carboxylic acids is 1. The van der Waals surface area contributed by atoms with Crippen LogP contribution in [0, 0.1) is 0 Å². The fourth-order valence-electron chi connectivity index (χ4n) is 1.58. The van der Waals surface area contributed by atoms with E-state index in [0.717, 1.165) is 10.8 Å². The van der Waals surface area contributed by atoms with Gasteiger partial charge in [0, 0.05) is 11.0 Å². The average molecular weight is 226 g/mol. The van der Waals surface area contributed by atoms with Gasteiger partial charge in [0.2, 0.25) is 0 Å².